The highest BCUT2D eigenvalue weighted by Gasteiger charge is 2.08. The number of ether oxygens (including phenoxy) is 2. The maximum atomic E-state index is 5.94. The van der Waals surface area contributed by atoms with E-state index in [0.717, 1.165) is 22.3 Å². The zero-order valence-electron chi connectivity index (χ0n) is 15.8. The molecule has 1 aromatic carbocycles. The van der Waals surface area contributed by atoms with Crippen LogP contribution in [0.1, 0.15) is 16.7 Å². The Balaban J connectivity index is 1.67. The topological polar surface area (TPSA) is 70.3 Å². The Labute approximate surface area is 165 Å². The van der Waals surface area contributed by atoms with Gasteiger partial charge >= 0.3 is 0 Å². The molecule has 0 saturated carbocycles. The molecule has 2 N–H and O–H groups in total. The van der Waals surface area contributed by atoms with E-state index in [1.165, 1.54) is 0 Å². The fourth-order valence-electron chi connectivity index (χ4n) is 2.74. The number of methoxy groups -OCH3 is 1. The third-order valence-corrected chi connectivity index (χ3v) is 4.12. The molecule has 3 rings (SSSR count). The first-order valence-electron chi connectivity index (χ1n) is 8.91. The summed E-state index contributed by atoms with van der Waals surface area (Å²) in [6.45, 7) is 4.62. The fourth-order valence-corrected chi connectivity index (χ4v) is 2.74. The SMILES string of the molecule is C=C(/C=C(\OC)c1cccnc1N)Cc1ccnc(OCc2ccccc2)c1. The van der Waals surface area contributed by atoms with Gasteiger partial charge in [0.05, 0.1) is 12.7 Å². The molecule has 5 heteroatoms. The predicted octanol–water partition coefficient (Wildman–Crippen LogP) is 4.42. The molecule has 0 aliphatic carbocycles. The van der Waals surface area contributed by atoms with Crippen molar-refractivity contribution in [1.82, 2.24) is 9.97 Å². The number of benzene rings is 1. The standard InChI is InChI=1S/C23H23N3O2/c1-17(14-21(27-2)20-9-6-11-26-23(20)24)13-19-10-12-25-22(15-19)28-16-18-7-4-3-5-8-18/h3-12,14-15H,1,13,16H2,2H3,(H2,24,26)/b21-14-. The average Bonchev–Trinajstić information content (AvgIpc) is 2.72. The molecule has 28 heavy (non-hydrogen) atoms. The van der Waals surface area contributed by atoms with Crippen molar-refractivity contribution in [2.75, 3.05) is 12.8 Å². The van der Waals surface area contributed by atoms with E-state index in [9.17, 15) is 0 Å². The Bertz CT molecular complexity index is 968. The smallest absolute Gasteiger partial charge is 0.213 e. The van der Waals surface area contributed by atoms with Gasteiger partial charge in [-0.2, -0.15) is 0 Å². The van der Waals surface area contributed by atoms with Gasteiger partial charge < -0.3 is 15.2 Å². The average molecular weight is 373 g/mol. The first-order valence-corrected chi connectivity index (χ1v) is 8.91. The van der Waals surface area contributed by atoms with Crippen LogP contribution in [0.4, 0.5) is 5.82 Å². The Morgan fingerprint density at radius 1 is 1.04 bits per heavy atom. The minimum Gasteiger partial charge on any atom is -0.496 e. The highest BCUT2D eigenvalue weighted by atomic mass is 16.5. The molecule has 2 heterocycles. The molecule has 0 atom stereocenters. The van der Waals surface area contributed by atoms with Gasteiger partial charge in [-0.25, -0.2) is 9.97 Å². The number of nitrogens with two attached hydrogens (primary N) is 1. The normalized spacial score (nSPS) is 11.1. The van der Waals surface area contributed by atoms with Crippen molar-refractivity contribution in [3.8, 4) is 5.88 Å². The summed E-state index contributed by atoms with van der Waals surface area (Å²) in [4.78, 5) is 8.38. The number of hydrogen-bond donors (Lipinski definition) is 1. The summed E-state index contributed by atoms with van der Waals surface area (Å²) in [6, 6.07) is 17.6. The highest BCUT2D eigenvalue weighted by Crippen LogP contribution is 2.23. The maximum absolute atomic E-state index is 5.94. The van der Waals surface area contributed by atoms with Crippen LogP contribution in [0.3, 0.4) is 0 Å². The Hall–Kier alpha value is -3.60. The van der Waals surface area contributed by atoms with Gasteiger partial charge in [-0.05, 0) is 47.4 Å². The third kappa shape index (κ3) is 5.20. The second kappa shape index (κ2) is 9.37. The minimum absolute atomic E-state index is 0.420. The van der Waals surface area contributed by atoms with E-state index in [0.29, 0.717) is 30.5 Å². The lowest BCUT2D eigenvalue weighted by atomic mass is 10.1. The van der Waals surface area contributed by atoms with E-state index in [1.807, 2.05) is 60.7 Å². The van der Waals surface area contributed by atoms with Crippen LogP contribution >= 0.6 is 0 Å². The van der Waals surface area contributed by atoms with Crippen LogP contribution in [0.2, 0.25) is 0 Å². The molecule has 0 amide bonds. The molecule has 0 fully saturated rings. The summed E-state index contributed by atoms with van der Waals surface area (Å²) in [7, 11) is 1.60. The summed E-state index contributed by atoms with van der Waals surface area (Å²) >= 11 is 0. The summed E-state index contributed by atoms with van der Waals surface area (Å²) in [5.74, 6) is 1.63. The number of rotatable bonds is 8. The van der Waals surface area contributed by atoms with Crippen molar-refractivity contribution in [2.45, 2.75) is 13.0 Å². The fraction of sp³-hybridized carbons (Fsp3) is 0.130. The van der Waals surface area contributed by atoms with Gasteiger partial charge in [-0.15, -0.1) is 0 Å². The van der Waals surface area contributed by atoms with Crippen LogP contribution in [0, 0.1) is 0 Å². The predicted molar refractivity (Wildman–Crippen MR) is 111 cm³/mol. The second-order valence-electron chi connectivity index (χ2n) is 6.26. The van der Waals surface area contributed by atoms with E-state index in [2.05, 4.69) is 16.5 Å². The van der Waals surface area contributed by atoms with Crippen LogP contribution in [-0.2, 0) is 17.8 Å². The summed E-state index contributed by atoms with van der Waals surface area (Å²) in [5.41, 5.74) is 9.71. The number of nitrogens with zero attached hydrogens (tertiary/aromatic N) is 2. The Morgan fingerprint density at radius 3 is 2.61 bits per heavy atom. The maximum Gasteiger partial charge on any atom is 0.213 e. The van der Waals surface area contributed by atoms with Gasteiger partial charge in [0.1, 0.15) is 18.2 Å². The first-order chi connectivity index (χ1) is 13.7. The molecule has 0 saturated heterocycles. The van der Waals surface area contributed by atoms with Crippen LogP contribution < -0.4 is 10.5 Å². The molecule has 0 spiro atoms. The largest absolute Gasteiger partial charge is 0.496 e. The van der Waals surface area contributed by atoms with Crippen molar-refractivity contribution in [1.29, 1.82) is 0 Å². The van der Waals surface area contributed by atoms with E-state index in [-0.39, 0.29) is 0 Å². The minimum atomic E-state index is 0.420. The summed E-state index contributed by atoms with van der Waals surface area (Å²) in [5, 5.41) is 0. The summed E-state index contributed by atoms with van der Waals surface area (Å²) in [6.07, 6.45) is 5.90. The van der Waals surface area contributed by atoms with Gasteiger partial charge in [-0.3, -0.25) is 0 Å². The van der Waals surface area contributed by atoms with Crippen molar-refractivity contribution in [2.24, 2.45) is 0 Å². The number of hydrogen-bond acceptors (Lipinski definition) is 5. The van der Waals surface area contributed by atoms with Crippen LogP contribution in [0.15, 0.2) is 85.2 Å². The van der Waals surface area contributed by atoms with Gasteiger partial charge in [0, 0.05) is 18.5 Å². The molecular weight excluding hydrogens is 350 g/mol. The van der Waals surface area contributed by atoms with Crippen LogP contribution in [-0.4, -0.2) is 17.1 Å². The molecule has 0 radical (unpaired) electrons. The van der Waals surface area contributed by atoms with Gasteiger partial charge in [0.2, 0.25) is 5.88 Å². The van der Waals surface area contributed by atoms with Gasteiger partial charge in [-0.1, -0.05) is 36.9 Å². The molecule has 0 unspecified atom stereocenters. The summed E-state index contributed by atoms with van der Waals surface area (Å²) < 4.78 is 11.3. The van der Waals surface area contributed by atoms with Crippen molar-refractivity contribution in [3.63, 3.8) is 0 Å². The number of nitrogen functional groups attached to an aromatic ring is 1. The quantitative estimate of drug-likeness (QED) is 0.467. The van der Waals surface area contributed by atoms with Crippen LogP contribution in [0.5, 0.6) is 5.88 Å². The van der Waals surface area contributed by atoms with E-state index in [4.69, 9.17) is 15.2 Å². The zero-order valence-corrected chi connectivity index (χ0v) is 15.8. The molecule has 3 aromatic rings. The molecule has 2 aromatic heterocycles. The van der Waals surface area contributed by atoms with Crippen molar-refractivity contribution >= 4 is 11.6 Å². The monoisotopic (exact) mass is 373 g/mol. The highest BCUT2D eigenvalue weighted by molar-refractivity contribution is 5.70. The number of aromatic nitrogens is 2. The van der Waals surface area contributed by atoms with Crippen molar-refractivity contribution in [3.05, 3.63) is 102 Å². The third-order valence-electron chi connectivity index (χ3n) is 4.12. The number of allylic oxidation sites excluding steroid dienone is 2. The zero-order chi connectivity index (χ0) is 19.8. The lowest BCUT2D eigenvalue weighted by Crippen LogP contribution is -1.99. The molecular formula is C23H23N3O2. The second-order valence-corrected chi connectivity index (χ2v) is 6.26. The Kier molecular flexibility index (Phi) is 6.41. The van der Waals surface area contributed by atoms with E-state index >= 15 is 0 Å². The molecule has 0 aliphatic heterocycles. The van der Waals surface area contributed by atoms with Crippen molar-refractivity contribution < 1.29 is 9.47 Å². The number of pyridine rings is 2. The molecule has 5 nitrogen and oxygen atoms in total. The number of anilines is 1. The van der Waals surface area contributed by atoms with E-state index in [1.54, 1.807) is 19.5 Å². The van der Waals surface area contributed by atoms with Gasteiger partial charge in [0.25, 0.3) is 0 Å². The van der Waals surface area contributed by atoms with Gasteiger partial charge in [0.15, 0.2) is 0 Å². The molecule has 0 aliphatic rings. The Morgan fingerprint density at radius 2 is 1.86 bits per heavy atom. The molecule has 0 bridgehead atoms. The lowest BCUT2D eigenvalue weighted by Gasteiger charge is -2.10. The van der Waals surface area contributed by atoms with E-state index < -0.39 is 0 Å². The molecule has 142 valence electrons. The first kappa shape index (κ1) is 19.2. The van der Waals surface area contributed by atoms with Crippen LogP contribution in [0.25, 0.3) is 5.76 Å². The lowest BCUT2D eigenvalue weighted by molar-refractivity contribution is 0.293.